The Balaban J connectivity index is 2.03. The molecule has 100 valence electrons. The molecule has 0 aromatic carbocycles. The highest BCUT2D eigenvalue weighted by molar-refractivity contribution is 7.91. The number of aliphatic hydroxyl groups excluding tert-OH is 1. The molecule has 0 spiro atoms. The van der Waals surface area contributed by atoms with Crippen LogP contribution < -0.4 is 0 Å². The lowest BCUT2D eigenvalue weighted by Crippen LogP contribution is -2.52. The molecule has 0 aromatic rings. The summed E-state index contributed by atoms with van der Waals surface area (Å²) in [6, 6.07) is 0.280. The van der Waals surface area contributed by atoms with Crippen molar-refractivity contribution in [2.45, 2.75) is 31.0 Å². The standard InChI is InChI=1S/C11H22N2O3S/c1-12(2)9-4-3-5-13(6-9)10-7-17(15,16)8-11(10)14/h9-11,14H,3-8H2,1-2H3. The van der Waals surface area contributed by atoms with Crippen LogP contribution in [0, 0.1) is 0 Å². The first-order chi connectivity index (χ1) is 7.89. The molecule has 2 saturated heterocycles. The largest absolute Gasteiger partial charge is 0.390 e. The maximum absolute atomic E-state index is 11.5. The summed E-state index contributed by atoms with van der Waals surface area (Å²) >= 11 is 0. The second-order valence-corrected chi connectivity index (χ2v) is 7.62. The van der Waals surface area contributed by atoms with E-state index in [0.717, 1.165) is 25.9 Å². The van der Waals surface area contributed by atoms with Crippen LogP contribution in [-0.4, -0.2) is 80.2 Å². The van der Waals surface area contributed by atoms with Gasteiger partial charge in [0, 0.05) is 12.6 Å². The fourth-order valence-corrected chi connectivity index (χ4v) is 4.70. The number of hydrogen-bond acceptors (Lipinski definition) is 5. The first kappa shape index (κ1) is 13.3. The van der Waals surface area contributed by atoms with E-state index in [0.29, 0.717) is 6.04 Å². The molecule has 2 rings (SSSR count). The second kappa shape index (κ2) is 4.84. The summed E-state index contributed by atoms with van der Waals surface area (Å²) in [6.07, 6.45) is 1.52. The summed E-state index contributed by atoms with van der Waals surface area (Å²) < 4.78 is 23.0. The summed E-state index contributed by atoms with van der Waals surface area (Å²) in [7, 11) is 1.07. The van der Waals surface area contributed by atoms with Gasteiger partial charge in [0.1, 0.15) is 0 Å². The van der Waals surface area contributed by atoms with E-state index in [9.17, 15) is 13.5 Å². The molecule has 2 fully saturated rings. The average Bonchev–Trinajstić information content (AvgIpc) is 2.52. The zero-order valence-electron chi connectivity index (χ0n) is 10.5. The lowest BCUT2D eigenvalue weighted by atomic mass is 10.0. The highest BCUT2D eigenvalue weighted by Gasteiger charge is 2.41. The predicted octanol–water partition coefficient (Wildman–Crippen LogP) is -0.830. The van der Waals surface area contributed by atoms with Gasteiger partial charge < -0.3 is 10.0 Å². The highest BCUT2D eigenvalue weighted by atomic mass is 32.2. The van der Waals surface area contributed by atoms with Crippen molar-refractivity contribution in [3.63, 3.8) is 0 Å². The molecule has 0 aliphatic carbocycles. The summed E-state index contributed by atoms with van der Waals surface area (Å²) in [5.41, 5.74) is 0. The van der Waals surface area contributed by atoms with Gasteiger partial charge >= 0.3 is 0 Å². The average molecular weight is 262 g/mol. The van der Waals surface area contributed by atoms with Crippen LogP contribution in [0.3, 0.4) is 0 Å². The number of nitrogens with zero attached hydrogens (tertiary/aromatic N) is 2. The predicted molar refractivity (Wildman–Crippen MR) is 66.7 cm³/mol. The lowest BCUT2D eigenvalue weighted by molar-refractivity contribution is 0.0437. The third-order valence-electron chi connectivity index (χ3n) is 3.92. The first-order valence-electron chi connectivity index (χ1n) is 6.18. The van der Waals surface area contributed by atoms with Crippen molar-refractivity contribution in [3.8, 4) is 0 Å². The van der Waals surface area contributed by atoms with Crippen LogP contribution in [-0.2, 0) is 9.84 Å². The van der Waals surface area contributed by atoms with Gasteiger partial charge in [0.2, 0.25) is 0 Å². The van der Waals surface area contributed by atoms with Crippen molar-refractivity contribution in [1.29, 1.82) is 0 Å². The topological polar surface area (TPSA) is 60.9 Å². The quantitative estimate of drug-likeness (QED) is 0.704. The van der Waals surface area contributed by atoms with Crippen LogP contribution in [0.2, 0.25) is 0 Å². The number of sulfone groups is 1. The Morgan fingerprint density at radius 1 is 1.29 bits per heavy atom. The van der Waals surface area contributed by atoms with Crippen molar-refractivity contribution in [2.75, 3.05) is 38.7 Å². The molecule has 2 aliphatic heterocycles. The Kier molecular flexibility index (Phi) is 3.77. The Labute approximate surface area is 103 Å². The van der Waals surface area contributed by atoms with Gasteiger partial charge in [-0.15, -0.1) is 0 Å². The molecule has 0 aromatic heterocycles. The van der Waals surface area contributed by atoms with E-state index >= 15 is 0 Å². The minimum atomic E-state index is -3.04. The summed E-state index contributed by atoms with van der Waals surface area (Å²) in [4.78, 5) is 4.34. The van der Waals surface area contributed by atoms with Crippen LogP contribution in [0.4, 0.5) is 0 Å². The number of likely N-dealkylation sites (N-methyl/N-ethyl adjacent to an activating group) is 1. The minimum Gasteiger partial charge on any atom is -0.390 e. The summed E-state index contributed by atoms with van der Waals surface area (Å²) in [5.74, 6) is 0.0507. The molecule has 1 N–H and O–H groups in total. The van der Waals surface area contributed by atoms with Crippen LogP contribution in [0.1, 0.15) is 12.8 Å². The van der Waals surface area contributed by atoms with E-state index in [1.807, 2.05) is 0 Å². The number of aliphatic hydroxyl groups is 1. The molecular formula is C11H22N2O3S. The number of likely N-dealkylation sites (tertiary alicyclic amines) is 1. The van der Waals surface area contributed by atoms with Gasteiger partial charge in [0.25, 0.3) is 0 Å². The van der Waals surface area contributed by atoms with Gasteiger partial charge in [0.15, 0.2) is 9.84 Å². The van der Waals surface area contributed by atoms with Gasteiger partial charge in [-0.2, -0.15) is 0 Å². The van der Waals surface area contributed by atoms with E-state index in [1.165, 1.54) is 0 Å². The van der Waals surface area contributed by atoms with Crippen molar-refractivity contribution in [1.82, 2.24) is 9.80 Å². The maximum Gasteiger partial charge on any atom is 0.154 e. The monoisotopic (exact) mass is 262 g/mol. The van der Waals surface area contributed by atoms with Gasteiger partial charge in [-0.1, -0.05) is 0 Å². The van der Waals surface area contributed by atoms with Crippen LogP contribution in [0.25, 0.3) is 0 Å². The summed E-state index contributed by atoms with van der Waals surface area (Å²) in [6.45, 7) is 1.77. The van der Waals surface area contributed by atoms with E-state index < -0.39 is 15.9 Å². The third kappa shape index (κ3) is 2.99. The second-order valence-electron chi connectivity index (χ2n) is 5.47. The Hall–Kier alpha value is -0.170. The zero-order chi connectivity index (χ0) is 12.6. The molecule has 2 aliphatic rings. The first-order valence-corrected chi connectivity index (χ1v) is 8.00. The molecule has 17 heavy (non-hydrogen) atoms. The zero-order valence-corrected chi connectivity index (χ0v) is 11.4. The smallest absolute Gasteiger partial charge is 0.154 e. The van der Waals surface area contributed by atoms with Gasteiger partial charge in [-0.3, -0.25) is 4.90 Å². The lowest BCUT2D eigenvalue weighted by Gasteiger charge is -2.39. The van der Waals surface area contributed by atoms with Crippen molar-refractivity contribution in [2.24, 2.45) is 0 Å². The Morgan fingerprint density at radius 3 is 2.53 bits per heavy atom. The van der Waals surface area contributed by atoms with Crippen molar-refractivity contribution in [3.05, 3.63) is 0 Å². The molecule has 0 bridgehead atoms. The number of rotatable bonds is 2. The van der Waals surface area contributed by atoms with Crippen LogP contribution in [0.5, 0.6) is 0 Å². The number of piperidine rings is 1. The van der Waals surface area contributed by atoms with Gasteiger partial charge in [-0.05, 0) is 33.5 Å². The number of hydrogen-bond donors (Lipinski definition) is 1. The van der Waals surface area contributed by atoms with E-state index in [4.69, 9.17) is 0 Å². The molecule has 6 heteroatoms. The van der Waals surface area contributed by atoms with Crippen LogP contribution in [0.15, 0.2) is 0 Å². The fourth-order valence-electron chi connectivity index (χ4n) is 2.87. The van der Waals surface area contributed by atoms with E-state index in [-0.39, 0.29) is 17.5 Å². The molecule has 0 radical (unpaired) electrons. The molecular weight excluding hydrogens is 240 g/mol. The van der Waals surface area contributed by atoms with E-state index in [2.05, 4.69) is 23.9 Å². The molecule has 0 saturated carbocycles. The Bertz CT molecular complexity index is 369. The highest BCUT2D eigenvalue weighted by Crippen LogP contribution is 2.23. The molecule has 0 amide bonds. The third-order valence-corrected chi connectivity index (χ3v) is 5.62. The molecule has 3 unspecified atom stereocenters. The normalized spacial score (nSPS) is 38.7. The maximum atomic E-state index is 11.5. The van der Waals surface area contributed by atoms with E-state index in [1.54, 1.807) is 0 Å². The van der Waals surface area contributed by atoms with Crippen LogP contribution >= 0.6 is 0 Å². The van der Waals surface area contributed by atoms with Crippen molar-refractivity contribution >= 4 is 9.84 Å². The van der Waals surface area contributed by atoms with Gasteiger partial charge in [-0.25, -0.2) is 8.42 Å². The van der Waals surface area contributed by atoms with Gasteiger partial charge in [0.05, 0.1) is 23.7 Å². The summed E-state index contributed by atoms with van der Waals surface area (Å²) in [5, 5.41) is 9.87. The Morgan fingerprint density at radius 2 is 2.00 bits per heavy atom. The van der Waals surface area contributed by atoms with Crippen molar-refractivity contribution < 1.29 is 13.5 Å². The molecule has 2 heterocycles. The molecule has 3 atom stereocenters. The molecule has 5 nitrogen and oxygen atoms in total. The minimum absolute atomic E-state index is 0.0687. The SMILES string of the molecule is CN(C)C1CCCN(C2CS(=O)(=O)CC2O)C1. The fraction of sp³-hybridized carbons (Fsp3) is 1.00.